The normalized spacial score (nSPS) is 23.6. The van der Waals surface area contributed by atoms with Crippen molar-refractivity contribution in [2.75, 3.05) is 19.6 Å². The predicted octanol–water partition coefficient (Wildman–Crippen LogP) is 1.78. The van der Waals surface area contributed by atoms with Crippen molar-refractivity contribution < 1.29 is 4.79 Å². The van der Waals surface area contributed by atoms with Gasteiger partial charge in [0.05, 0.1) is 0 Å². The van der Waals surface area contributed by atoms with Crippen LogP contribution in [0.25, 0.3) is 0 Å². The van der Waals surface area contributed by atoms with Gasteiger partial charge in [0.2, 0.25) is 5.91 Å². The third kappa shape index (κ3) is 2.57. The molecule has 1 heterocycles. The summed E-state index contributed by atoms with van der Waals surface area (Å²) in [6.45, 7) is 5.15. The van der Waals surface area contributed by atoms with Crippen LogP contribution in [0.4, 0.5) is 0 Å². The second-order valence-corrected chi connectivity index (χ2v) is 5.09. The molecule has 0 aromatic heterocycles. The van der Waals surface area contributed by atoms with Gasteiger partial charge in [-0.1, -0.05) is 12.8 Å². The van der Waals surface area contributed by atoms with Crippen LogP contribution in [0.15, 0.2) is 0 Å². The quantitative estimate of drug-likeness (QED) is 0.792. The number of carbonyl (C=O) groups excluding carboxylic acids is 1. The molecule has 3 heteroatoms. The van der Waals surface area contributed by atoms with E-state index in [9.17, 15) is 4.79 Å². The number of carbonyl (C=O) groups is 1. The summed E-state index contributed by atoms with van der Waals surface area (Å²) < 4.78 is 0. The zero-order chi connectivity index (χ0) is 11.4. The van der Waals surface area contributed by atoms with E-state index >= 15 is 0 Å². The Morgan fingerprint density at radius 3 is 2.38 bits per heavy atom. The Kier molecular flexibility index (Phi) is 4.22. The van der Waals surface area contributed by atoms with Crippen molar-refractivity contribution in [2.45, 2.75) is 51.5 Å². The average molecular weight is 224 g/mol. The van der Waals surface area contributed by atoms with Gasteiger partial charge in [0.1, 0.15) is 0 Å². The molecule has 1 saturated heterocycles. The lowest BCUT2D eigenvalue weighted by Gasteiger charge is -2.35. The Bertz CT molecular complexity index is 230. The maximum atomic E-state index is 12.4. The first-order chi connectivity index (χ1) is 7.83. The highest BCUT2D eigenvalue weighted by Crippen LogP contribution is 2.28. The van der Waals surface area contributed by atoms with Crippen molar-refractivity contribution in [3.05, 3.63) is 0 Å². The van der Waals surface area contributed by atoms with E-state index < -0.39 is 0 Å². The summed E-state index contributed by atoms with van der Waals surface area (Å²) in [6.07, 6.45) is 7.01. The van der Waals surface area contributed by atoms with Gasteiger partial charge in [-0.15, -0.1) is 0 Å². The third-order valence-corrected chi connectivity index (χ3v) is 4.08. The summed E-state index contributed by atoms with van der Waals surface area (Å²) in [7, 11) is 0. The molecule has 1 N–H and O–H groups in total. The SMILES string of the molecule is CCN(C(=O)C1CCCC1)C1CCNCC1. The molecule has 0 radical (unpaired) electrons. The third-order valence-electron chi connectivity index (χ3n) is 4.08. The molecule has 0 aromatic carbocycles. The van der Waals surface area contributed by atoms with Crippen LogP contribution in [0.5, 0.6) is 0 Å². The lowest BCUT2D eigenvalue weighted by atomic mass is 10.0. The smallest absolute Gasteiger partial charge is 0.225 e. The Hall–Kier alpha value is -0.570. The molecule has 2 fully saturated rings. The number of piperidine rings is 1. The van der Waals surface area contributed by atoms with Crippen LogP contribution >= 0.6 is 0 Å². The number of hydrogen-bond acceptors (Lipinski definition) is 2. The van der Waals surface area contributed by atoms with Crippen LogP contribution in [-0.4, -0.2) is 36.5 Å². The van der Waals surface area contributed by atoms with E-state index in [1.54, 1.807) is 0 Å². The molecule has 0 bridgehead atoms. The maximum Gasteiger partial charge on any atom is 0.225 e. The zero-order valence-electron chi connectivity index (χ0n) is 10.4. The van der Waals surface area contributed by atoms with Crippen LogP contribution in [-0.2, 0) is 4.79 Å². The summed E-state index contributed by atoms with van der Waals surface area (Å²) in [6, 6.07) is 0.499. The molecule has 1 aliphatic heterocycles. The minimum absolute atomic E-state index is 0.342. The summed E-state index contributed by atoms with van der Waals surface area (Å²) in [5.41, 5.74) is 0. The lowest BCUT2D eigenvalue weighted by molar-refractivity contribution is -0.138. The van der Waals surface area contributed by atoms with E-state index in [1.165, 1.54) is 12.8 Å². The maximum absolute atomic E-state index is 12.4. The van der Waals surface area contributed by atoms with Gasteiger partial charge in [0.25, 0.3) is 0 Å². The number of rotatable bonds is 3. The largest absolute Gasteiger partial charge is 0.340 e. The van der Waals surface area contributed by atoms with Crippen LogP contribution in [0.2, 0.25) is 0 Å². The summed E-state index contributed by atoms with van der Waals surface area (Å²) in [5, 5.41) is 3.36. The minimum Gasteiger partial charge on any atom is -0.340 e. The Morgan fingerprint density at radius 2 is 1.81 bits per heavy atom. The van der Waals surface area contributed by atoms with Crippen LogP contribution < -0.4 is 5.32 Å². The molecule has 0 unspecified atom stereocenters. The molecule has 2 rings (SSSR count). The van der Waals surface area contributed by atoms with E-state index in [2.05, 4.69) is 17.1 Å². The van der Waals surface area contributed by atoms with Crippen molar-refractivity contribution in [1.82, 2.24) is 10.2 Å². The second-order valence-electron chi connectivity index (χ2n) is 5.09. The fraction of sp³-hybridized carbons (Fsp3) is 0.923. The summed E-state index contributed by atoms with van der Waals surface area (Å²) >= 11 is 0. The van der Waals surface area contributed by atoms with Gasteiger partial charge < -0.3 is 10.2 Å². The highest BCUT2D eigenvalue weighted by molar-refractivity contribution is 5.79. The number of nitrogens with one attached hydrogen (secondary N) is 1. The zero-order valence-corrected chi connectivity index (χ0v) is 10.4. The fourth-order valence-electron chi connectivity index (χ4n) is 3.12. The molecule has 1 saturated carbocycles. The highest BCUT2D eigenvalue weighted by Gasteiger charge is 2.30. The molecule has 0 spiro atoms. The van der Waals surface area contributed by atoms with Crippen molar-refractivity contribution in [2.24, 2.45) is 5.92 Å². The number of hydrogen-bond donors (Lipinski definition) is 1. The van der Waals surface area contributed by atoms with E-state index in [-0.39, 0.29) is 0 Å². The molecule has 0 aromatic rings. The summed E-state index contributed by atoms with van der Waals surface area (Å²) in [5.74, 6) is 0.779. The Labute approximate surface area is 98.6 Å². The molecule has 16 heavy (non-hydrogen) atoms. The lowest BCUT2D eigenvalue weighted by Crippen LogP contribution is -2.47. The van der Waals surface area contributed by atoms with Gasteiger partial charge in [-0.25, -0.2) is 0 Å². The standard InChI is InChI=1S/C13H24N2O/c1-2-15(12-7-9-14-10-8-12)13(16)11-5-3-4-6-11/h11-12,14H,2-10H2,1H3. The van der Waals surface area contributed by atoms with Crippen molar-refractivity contribution in [1.29, 1.82) is 0 Å². The molecule has 1 aliphatic carbocycles. The van der Waals surface area contributed by atoms with Crippen LogP contribution in [0, 0.1) is 5.92 Å². The highest BCUT2D eigenvalue weighted by atomic mass is 16.2. The van der Waals surface area contributed by atoms with E-state index in [0.717, 1.165) is 45.3 Å². The minimum atomic E-state index is 0.342. The van der Waals surface area contributed by atoms with Gasteiger partial charge in [-0.3, -0.25) is 4.79 Å². The van der Waals surface area contributed by atoms with Gasteiger partial charge in [-0.2, -0.15) is 0 Å². The van der Waals surface area contributed by atoms with Gasteiger partial charge in [0, 0.05) is 18.5 Å². The predicted molar refractivity (Wildman–Crippen MR) is 65.2 cm³/mol. The molecule has 0 atom stereocenters. The van der Waals surface area contributed by atoms with Crippen molar-refractivity contribution in [3.8, 4) is 0 Å². The van der Waals surface area contributed by atoms with Crippen molar-refractivity contribution >= 4 is 5.91 Å². The average Bonchev–Trinajstić information content (AvgIpc) is 2.85. The first-order valence-electron chi connectivity index (χ1n) is 6.84. The van der Waals surface area contributed by atoms with Gasteiger partial charge in [-0.05, 0) is 45.7 Å². The van der Waals surface area contributed by atoms with Gasteiger partial charge in [0.15, 0.2) is 0 Å². The Morgan fingerprint density at radius 1 is 1.19 bits per heavy atom. The van der Waals surface area contributed by atoms with Crippen LogP contribution in [0.3, 0.4) is 0 Å². The number of amides is 1. The van der Waals surface area contributed by atoms with E-state index in [4.69, 9.17) is 0 Å². The molecular weight excluding hydrogens is 200 g/mol. The monoisotopic (exact) mass is 224 g/mol. The van der Waals surface area contributed by atoms with Crippen molar-refractivity contribution in [3.63, 3.8) is 0 Å². The fourth-order valence-corrected chi connectivity index (χ4v) is 3.12. The Balaban J connectivity index is 1.94. The second kappa shape index (κ2) is 5.67. The molecule has 1 amide bonds. The molecule has 2 aliphatic rings. The first-order valence-corrected chi connectivity index (χ1v) is 6.84. The topological polar surface area (TPSA) is 32.3 Å². The van der Waals surface area contributed by atoms with E-state index in [1.807, 2.05) is 0 Å². The molecular formula is C13H24N2O. The van der Waals surface area contributed by atoms with Gasteiger partial charge >= 0.3 is 0 Å². The van der Waals surface area contributed by atoms with Crippen LogP contribution in [0.1, 0.15) is 45.4 Å². The van der Waals surface area contributed by atoms with E-state index in [0.29, 0.717) is 17.9 Å². The molecule has 3 nitrogen and oxygen atoms in total. The number of nitrogens with zero attached hydrogens (tertiary/aromatic N) is 1. The summed E-state index contributed by atoms with van der Waals surface area (Å²) in [4.78, 5) is 14.5. The molecule has 92 valence electrons. The first kappa shape index (κ1) is 11.9.